The standard InChI is InChI=1S/C23H29N3O4/c1-15-9-10-17(23(28)25-19-13-26(2)14-21(19)30-4)11-18(15)24-22(27)12-16-7-5-6-8-20(16)29-3/h5-11,19,21H,12-14H2,1-4H3,(H,24,27)(H,25,28)/t19-,21-/m0/s1. The molecule has 0 aliphatic carbocycles. The van der Waals surface area contributed by atoms with Gasteiger partial charge in [0.25, 0.3) is 5.91 Å². The zero-order valence-electron chi connectivity index (χ0n) is 17.9. The minimum atomic E-state index is -0.183. The molecule has 3 rings (SSSR count). The second-order valence-electron chi connectivity index (χ2n) is 7.64. The highest BCUT2D eigenvalue weighted by Crippen LogP contribution is 2.21. The molecule has 1 aliphatic heterocycles. The molecular formula is C23H29N3O4. The molecule has 0 radical (unpaired) electrons. The van der Waals surface area contributed by atoms with E-state index in [0.717, 1.165) is 24.2 Å². The number of likely N-dealkylation sites (tertiary alicyclic amines) is 1. The number of hydrogen-bond donors (Lipinski definition) is 2. The summed E-state index contributed by atoms with van der Waals surface area (Å²) < 4.78 is 10.8. The maximum Gasteiger partial charge on any atom is 0.251 e. The summed E-state index contributed by atoms with van der Waals surface area (Å²) in [6.45, 7) is 3.41. The second kappa shape index (κ2) is 9.73. The van der Waals surface area contributed by atoms with E-state index in [1.807, 2.05) is 44.3 Å². The Morgan fingerprint density at radius 1 is 1.13 bits per heavy atom. The maximum atomic E-state index is 12.8. The van der Waals surface area contributed by atoms with Gasteiger partial charge in [-0.2, -0.15) is 0 Å². The van der Waals surface area contributed by atoms with Gasteiger partial charge < -0.3 is 25.0 Å². The van der Waals surface area contributed by atoms with Gasteiger partial charge in [0.15, 0.2) is 0 Å². The van der Waals surface area contributed by atoms with Gasteiger partial charge in [0.05, 0.1) is 25.7 Å². The summed E-state index contributed by atoms with van der Waals surface area (Å²) in [4.78, 5) is 27.5. The Labute approximate surface area is 177 Å². The molecule has 160 valence electrons. The first kappa shape index (κ1) is 21.8. The minimum Gasteiger partial charge on any atom is -0.496 e. The number of carbonyl (C=O) groups is 2. The van der Waals surface area contributed by atoms with Crippen LogP contribution in [0.15, 0.2) is 42.5 Å². The lowest BCUT2D eigenvalue weighted by molar-refractivity contribution is -0.115. The predicted molar refractivity (Wildman–Crippen MR) is 116 cm³/mol. The van der Waals surface area contributed by atoms with Crippen molar-refractivity contribution in [1.82, 2.24) is 10.2 Å². The molecule has 2 aromatic rings. The lowest BCUT2D eigenvalue weighted by atomic mass is 10.1. The van der Waals surface area contributed by atoms with Crippen LogP contribution >= 0.6 is 0 Å². The van der Waals surface area contributed by atoms with Crippen LogP contribution in [0.4, 0.5) is 5.69 Å². The molecule has 30 heavy (non-hydrogen) atoms. The molecule has 2 amide bonds. The van der Waals surface area contributed by atoms with Crippen molar-refractivity contribution in [3.63, 3.8) is 0 Å². The van der Waals surface area contributed by atoms with Gasteiger partial charge in [0.2, 0.25) is 5.91 Å². The van der Waals surface area contributed by atoms with E-state index in [9.17, 15) is 9.59 Å². The maximum absolute atomic E-state index is 12.8. The number of rotatable bonds is 7. The van der Waals surface area contributed by atoms with E-state index in [1.54, 1.807) is 26.4 Å². The summed E-state index contributed by atoms with van der Waals surface area (Å²) in [7, 11) is 5.24. The summed E-state index contributed by atoms with van der Waals surface area (Å²) in [5.41, 5.74) is 2.81. The average molecular weight is 412 g/mol. The number of amides is 2. The van der Waals surface area contributed by atoms with Crippen molar-refractivity contribution < 1.29 is 19.1 Å². The summed E-state index contributed by atoms with van der Waals surface area (Å²) in [5, 5.41) is 5.97. The number of hydrogen-bond acceptors (Lipinski definition) is 5. The van der Waals surface area contributed by atoms with Gasteiger partial charge in [-0.25, -0.2) is 0 Å². The number of anilines is 1. The van der Waals surface area contributed by atoms with Gasteiger partial charge >= 0.3 is 0 Å². The van der Waals surface area contributed by atoms with Gasteiger partial charge in [-0.1, -0.05) is 24.3 Å². The van der Waals surface area contributed by atoms with Gasteiger partial charge in [-0.05, 0) is 37.7 Å². The molecule has 7 heteroatoms. The number of methoxy groups -OCH3 is 2. The molecule has 0 aromatic heterocycles. The lowest BCUT2D eigenvalue weighted by Gasteiger charge is -2.19. The van der Waals surface area contributed by atoms with Crippen LogP contribution in [-0.4, -0.2) is 63.2 Å². The summed E-state index contributed by atoms with van der Waals surface area (Å²) in [5.74, 6) is 0.321. The molecule has 7 nitrogen and oxygen atoms in total. The van der Waals surface area contributed by atoms with Crippen molar-refractivity contribution >= 4 is 17.5 Å². The molecule has 1 saturated heterocycles. The molecule has 2 aromatic carbocycles. The van der Waals surface area contributed by atoms with Crippen LogP contribution in [0.3, 0.4) is 0 Å². The number of ether oxygens (including phenoxy) is 2. The lowest BCUT2D eigenvalue weighted by Crippen LogP contribution is -2.43. The van der Waals surface area contributed by atoms with E-state index in [1.165, 1.54) is 0 Å². The van der Waals surface area contributed by atoms with E-state index in [4.69, 9.17) is 9.47 Å². The predicted octanol–water partition coefficient (Wildman–Crippen LogP) is 2.24. The number of nitrogens with zero attached hydrogens (tertiary/aromatic N) is 1. The first-order valence-electron chi connectivity index (χ1n) is 9.96. The number of carbonyl (C=O) groups excluding carboxylic acids is 2. The third kappa shape index (κ3) is 5.17. The molecule has 0 saturated carbocycles. The zero-order chi connectivity index (χ0) is 21.7. The normalized spacial score (nSPS) is 18.8. The van der Waals surface area contributed by atoms with Crippen LogP contribution in [0.1, 0.15) is 21.5 Å². The van der Waals surface area contributed by atoms with Crippen molar-refractivity contribution in [2.24, 2.45) is 0 Å². The topological polar surface area (TPSA) is 79.9 Å². The van der Waals surface area contributed by atoms with Gasteiger partial charge in [0.1, 0.15) is 5.75 Å². The first-order valence-corrected chi connectivity index (χ1v) is 9.96. The van der Waals surface area contributed by atoms with Crippen molar-refractivity contribution in [1.29, 1.82) is 0 Å². The average Bonchev–Trinajstić information content (AvgIpc) is 3.09. The fraction of sp³-hybridized carbons (Fsp3) is 0.391. The Hall–Kier alpha value is -2.90. The first-order chi connectivity index (χ1) is 14.4. The highest BCUT2D eigenvalue weighted by atomic mass is 16.5. The van der Waals surface area contributed by atoms with Crippen LogP contribution in [0.25, 0.3) is 0 Å². The Balaban J connectivity index is 1.68. The third-order valence-corrected chi connectivity index (χ3v) is 5.39. The van der Waals surface area contributed by atoms with Gasteiger partial charge in [-0.3, -0.25) is 9.59 Å². The molecule has 1 heterocycles. The van der Waals surface area contributed by atoms with Crippen molar-refractivity contribution in [2.75, 3.05) is 39.7 Å². The molecule has 0 spiro atoms. The van der Waals surface area contributed by atoms with Crippen LogP contribution in [-0.2, 0) is 16.0 Å². The molecule has 1 aliphatic rings. The Bertz CT molecular complexity index is 915. The Morgan fingerprint density at radius 3 is 2.63 bits per heavy atom. The number of likely N-dealkylation sites (N-methyl/N-ethyl adjacent to an activating group) is 1. The number of nitrogens with one attached hydrogen (secondary N) is 2. The molecule has 2 N–H and O–H groups in total. The smallest absolute Gasteiger partial charge is 0.251 e. The minimum absolute atomic E-state index is 0.0376. The number of benzene rings is 2. The van der Waals surface area contributed by atoms with E-state index in [-0.39, 0.29) is 30.4 Å². The van der Waals surface area contributed by atoms with Crippen LogP contribution < -0.4 is 15.4 Å². The largest absolute Gasteiger partial charge is 0.496 e. The van der Waals surface area contributed by atoms with E-state index < -0.39 is 0 Å². The monoisotopic (exact) mass is 411 g/mol. The number of para-hydroxylation sites is 1. The fourth-order valence-electron chi connectivity index (χ4n) is 3.71. The molecular weight excluding hydrogens is 382 g/mol. The van der Waals surface area contributed by atoms with Crippen LogP contribution in [0.5, 0.6) is 5.75 Å². The van der Waals surface area contributed by atoms with Crippen LogP contribution in [0.2, 0.25) is 0 Å². The van der Waals surface area contributed by atoms with E-state index in [2.05, 4.69) is 15.5 Å². The molecule has 1 fully saturated rings. The summed E-state index contributed by atoms with van der Waals surface area (Å²) in [6.07, 6.45) is 0.147. The SMILES string of the molecule is COc1ccccc1CC(=O)Nc1cc(C(=O)N[C@H]2CN(C)C[C@@H]2OC)ccc1C. The third-order valence-electron chi connectivity index (χ3n) is 5.39. The highest BCUT2D eigenvalue weighted by molar-refractivity contribution is 5.98. The zero-order valence-corrected chi connectivity index (χ0v) is 17.9. The summed E-state index contributed by atoms with van der Waals surface area (Å²) >= 11 is 0. The fourth-order valence-corrected chi connectivity index (χ4v) is 3.71. The van der Waals surface area contributed by atoms with E-state index >= 15 is 0 Å². The Morgan fingerprint density at radius 2 is 1.90 bits per heavy atom. The second-order valence-corrected chi connectivity index (χ2v) is 7.64. The van der Waals surface area contributed by atoms with Gasteiger partial charge in [0, 0.05) is 37.0 Å². The molecule has 0 bridgehead atoms. The van der Waals surface area contributed by atoms with Crippen LogP contribution in [0, 0.1) is 6.92 Å². The number of aryl methyl sites for hydroxylation is 1. The van der Waals surface area contributed by atoms with Crippen molar-refractivity contribution in [2.45, 2.75) is 25.5 Å². The van der Waals surface area contributed by atoms with Gasteiger partial charge in [-0.15, -0.1) is 0 Å². The summed E-state index contributed by atoms with van der Waals surface area (Å²) in [6, 6.07) is 12.7. The quantitative estimate of drug-likeness (QED) is 0.731. The van der Waals surface area contributed by atoms with Crippen molar-refractivity contribution in [3.05, 3.63) is 59.2 Å². The molecule has 0 unspecified atom stereocenters. The van der Waals surface area contributed by atoms with Crippen molar-refractivity contribution in [3.8, 4) is 5.75 Å². The van der Waals surface area contributed by atoms with E-state index in [0.29, 0.717) is 17.0 Å². The highest BCUT2D eigenvalue weighted by Gasteiger charge is 2.32. The Kier molecular flexibility index (Phi) is 7.07. The molecule has 2 atom stereocenters.